The van der Waals surface area contributed by atoms with Crippen molar-refractivity contribution in [1.29, 1.82) is 0 Å². The van der Waals surface area contributed by atoms with Gasteiger partial charge in [0.1, 0.15) is 5.69 Å². The Morgan fingerprint density at radius 3 is 2.57 bits per heavy atom. The van der Waals surface area contributed by atoms with Crippen LogP contribution in [0.4, 0.5) is 4.39 Å². The molecule has 0 saturated carbocycles. The molecule has 0 fully saturated rings. The second kappa shape index (κ2) is 3.18. The highest BCUT2D eigenvalue weighted by molar-refractivity contribution is 5.90. The van der Waals surface area contributed by atoms with Crippen molar-refractivity contribution in [2.45, 2.75) is 6.92 Å². The summed E-state index contributed by atoms with van der Waals surface area (Å²) in [5.41, 5.74) is 0.887. The van der Waals surface area contributed by atoms with E-state index in [1.54, 1.807) is 25.1 Å². The molecule has 2 rings (SSSR count). The first-order valence-corrected chi connectivity index (χ1v) is 4.24. The van der Waals surface area contributed by atoms with Crippen molar-refractivity contribution in [2.75, 3.05) is 0 Å². The van der Waals surface area contributed by atoms with Crippen molar-refractivity contribution in [1.82, 2.24) is 4.98 Å². The minimum Gasteiger partial charge on any atom is -0.296 e. The number of hydrogen-bond donors (Lipinski definition) is 0. The lowest BCUT2D eigenvalue weighted by Crippen LogP contribution is -1.97. The van der Waals surface area contributed by atoms with Crippen molar-refractivity contribution in [3.05, 3.63) is 41.5 Å². The molecule has 0 atom stereocenters. The van der Waals surface area contributed by atoms with Gasteiger partial charge >= 0.3 is 0 Å². The molecule has 0 amide bonds. The molecule has 0 aliphatic rings. The summed E-state index contributed by atoms with van der Waals surface area (Å²) in [7, 11) is 0. The Morgan fingerprint density at radius 1 is 1.29 bits per heavy atom. The SMILES string of the molecule is Cc1c(C=O)nc(F)c2ccccc12. The third-order valence-corrected chi connectivity index (χ3v) is 2.27. The minimum atomic E-state index is -0.590. The van der Waals surface area contributed by atoms with Gasteiger partial charge in [-0.05, 0) is 23.9 Å². The molecule has 3 heteroatoms. The average molecular weight is 189 g/mol. The first kappa shape index (κ1) is 8.81. The van der Waals surface area contributed by atoms with Crippen LogP contribution in [0.15, 0.2) is 24.3 Å². The Hall–Kier alpha value is -1.77. The van der Waals surface area contributed by atoms with Crippen molar-refractivity contribution in [3.8, 4) is 0 Å². The van der Waals surface area contributed by atoms with Gasteiger partial charge in [-0.2, -0.15) is 4.39 Å². The number of pyridine rings is 1. The van der Waals surface area contributed by atoms with Crippen LogP contribution in [0.1, 0.15) is 16.1 Å². The van der Waals surface area contributed by atoms with E-state index in [1.807, 2.05) is 6.07 Å². The number of benzene rings is 1. The van der Waals surface area contributed by atoms with Crippen LogP contribution in [0, 0.1) is 12.9 Å². The van der Waals surface area contributed by atoms with E-state index in [1.165, 1.54) is 0 Å². The topological polar surface area (TPSA) is 30.0 Å². The number of fused-ring (bicyclic) bond motifs is 1. The number of aromatic nitrogens is 1. The molecular weight excluding hydrogens is 181 g/mol. The number of hydrogen-bond acceptors (Lipinski definition) is 2. The maximum atomic E-state index is 13.3. The Morgan fingerprint density at radius 2 is 1.93 bits per heavy atom. The molecule has 70 valence electrons. The minimum absolute atomic E-state index is 0.168. The molecule has 1 heterocycles. The van der Waals surface area contributed by atoms with Gasteiger partial charge in [0.25, 0.3) is 0 Å². The van der Waals surface area contributed by atoms with E-state index in [2.05, 4.69) is 4.98 Å². The summed E-state index contributed by atoms with van der Waals surface area (Å²) in [5, 5.41) is 1.19. The number of carbonyl (C=O) groups is 1. The van der Waals surface area contributed by atoms with Crippen molar-refractivity contribution in [2.24, 2.45) is 0 Å². The van der Waals surface area contributed by atoms with Gasteiger partial charge in [-0.15, -0.1) is 0 Å². The van der Waals surface area contributed by atoms with Gasteiger partial charge in [0.2, 0.25) is 5.95 Å². The number of carbonyl (C=O) groups excluding carboxylic acids is 1. The highest BCUT2D eigenvalue weighted by atomic mass is 19.1. The van der Waals surface area contributed by atoms with E-state index < -0.39 is 5.95 Å². The molecule has 1 aromatic carbocycles. The number of nitrogens with zero attached hydrogens (tertiary/aromatic N) is 1. The van der Waals surface area contributed by atoms with Crippen LogP contribution >= 0.6 is 0 Å². The van der Waals surface area contributed by atoms with E-state index in [0.29, 0.717) is 11.7 Å². The van der Waals surface area contributed by atoms with E-state index in [-0.39, 0.29) is 5.69 Å². The van der Waals surface area contributed by atoms with Gasteiger partial charge in [0.05, 0.1) is 0 Å². The highest BCUT2D eigenvalue weighted by Crippen LogP contribution is 2.21. The van der Waals surface area contributed by atoms with Gasteiger partial charge in [-0.25, -0.2) is 4.98 Å². The molecule has 0 N–H and O–H groups in total. The number of halogens is 1. The Labute approximate surface area is 80.4 Å². The third kappa shape index (κ3) is 1.18. The summed E-state index contributed by atoms with van der Waals surface area (Å²) < 4.78 is 13.3. The smallest absolute Gasteiger partial charge is 0.221 e. The zero-order chi connectivity index (χ0) is 10.1. The Kier molecular flexibility index (Phi) is 2.00. The van der Waals surface area contributed by atoms with Crippen molar-refractivity contribution in [3.63, 3.8) is 0 Å². The molecule has 0 unspecified atom stereocenters. The third-order valence-electron chi connectivity index (χ3n) is 2.27. The molecule has 0 spiro atoms. The lowest BCUT2D eigenvalue weighted by Gasteiger charge is -2.04. The highest BCUT2D eigenvalue weighted by Gasteiger charge is 2.08. The van der Waals surface area contributed by atoms with Gasteiger partial charge in [0.15, 0.2) is 6.29 Å². The monoisotopic (exact) mass is 189 g/mol. The quantitative estimate of drug-likeness (QED) is 0.509. The molecule has 1 aromatic heterocycles. The molecule has 2 aromatic rings. The van der Waals surface area contributed by atoms with Crippen LogP contribution in [0.2, 0.25) is 0 Å². The fraction of sp³-hybridized carbons (Fsp3) is 0.0909. The molecule has 0 radical (unpaired) electrons. The van der Waals surface area contributed by atoms with Crippen LogP contribution in [0.5, 0.6) is 0 Å². The summed E-state index contributed by atoms with van der Waals surface area (Å²) >= 11 is 0. The summed E-state index contributed by atoms with van der Waals surface area (Å²) in [6.07, 6.45) is 0.574. The lowest BCUT2D eigenvalue weighted by atomic mass is 10.1. The summed E-state index contributed by atoms with van der Waals surface area (Å²) in [5.74, 6) is -0.590. The lowest BCUT2D eigenvalue weighted by molar-refractivity contribution is 0.111. The number of aryl methyl sites for hydroxylation is 1. The molecular formula is C11H8FNO. The van der Waals surface area contributed by atoms with E-state index in [0.717, 1.165) is 10.9 Å². The molecule has 2 nitrogen and oxygen atoms in total. The Balaban J connectivity index is 2.94. The summed E-state index contributed by atoms with van der Waals surface area (Å²) in [6.45, 7) is 1.76. The molecule has 14 heavy (non-hydrogen) atoms. The Bertz CT molecular complexity index is 508. The second-order valence-electron chi connectivity index (χ2n) is 3.08. The van der Waals surface area contributed by atoms with Crippen LogP contribution < -0.4 is 0 Å². The molecule has 0 aliphatic heterocycles. The van der Waals surface area contributed by atoms with Crippen LogP contribution in [0.3, 0.4) is 0 Å². The average Bonchev–Trinajstić information content (AvgIpc) is 2.23. The van der Waals surface area contributed by atoms with Crippen molar-refractivity contribution < 1.29 is 9.18 Å². The molecule has 0 saturated heterocycles. The van der Waals surface area contributed by atoms with Gasteiger partial charge in [-0.3, -0.25) is 4.79 Å². The summed E-state index contributed by atoms with van der Waals surface area (Å²) in [4.78, 5) is 14.2. The zero-order valence-corrected chi connectivity index (χ0v) is 7.62. The predicted octanol–water partition coefficient (Wildman–Crippen LogP) is 2.49. The number of rotatable bonds is 1. The second-order valence-corrected chi connectivity index (χ2v) is 3.08. The molecule has 0 aliphatic carbocycles. The summed E-state index contributed by atoms with van der Waals surface area (Å²) in [6, 6.07) is 6.98. The standard InChI is InChI=1S/C11H8FNO/c1-7-8-4-2-3-5-9(8)11(12)13-10(7)6-14/h2-6H,1H3. The maximum Gasteiger partial charge on any atom is 0.221 e. The van der Waals surface area contributed by atoms with Gasteiger partial charge in [-0.1, -0.05) is 18.2 Å². The fourth-order valence-electron chi connectivity index (χ4n) is 1.49. The van der Waals surface area contributed by atoms with E-state index in [4.69, 9.17) is 0 Å². The van der Waals surface area contributed by atoms with Crippen molar-refractivity contribution >= 4 is 17.1 Å². The van der Waals surface area contributed by atoms with E-state index in [9.17, 15) is 9.18 Å². The van der Waals surface area contributed by atoms with Gasteiger partial charge < -0.3 is 0 Å². The first-order valence-electron chi connectivity index (χ1n) is 4.24. The van der Waals surface area contributed by atoms with Crippen LogP contribution in [-0.4, -0.2) is 11.3 Å². The van der Waals surface area contributed by atoms with Crippen LogP contribution in [-0.2, 0) is 0 Å². The van der Waals surface area contributed by atoms with Crippen LogP contribution in [0.25, 0.3) is 10.8 Å². The zero-order valence-electron chi connectivity index (χ0n) is 7.62. The van der Waals surface area contributed by atoms with E-state index >= 15 is 0 Å². The normalized spacial score (nSPS) is 10.4. The maximum absolute atomic E-state index is 13.3. The number of aldehydes is 1. The largest absolute Gasteiger partial charge is 0.296 e. The predicted molar refractivity (Wildman–Crippen MR) is 51.8 cm³/mol. The fourth-order valence-corrected chi connectivity index (χ4v) is 1.49. The molecule has 0 bridgehead atoms. The van der Waals surface area contributed by atoms with Gasteiger partial charge in [0, 0.05) is 5.39 Å². The first-order chi connectivity index (χ1) is 6.74.